The second kappa shape index (κ2) is 5.43. The van der Waals surface area contributed by atoms with Gasteiger partial charge < -0.3 is 9.31 Å². The van der Waals surface area contributed by atoms with Crippen LogP contribution in [0.25, 0.3) is 11.3 Å². The fourth-order valence-corrected chi connectivity index (χ4v) is 3.13. The Hall–Kier alpha value is -1.65. The molecule has 0 unspecified atom stereocenters. The summed E-state index contributed by atoms with van der Waals surface area (Å²) in [7, 11) is -0.323. The van der Waals surface area contributed by atoms with Crippen molar-refractivity contribution in [2.75, 3.05) is 0 Å². The van der Waals surface area contributed by atoms with Crippen LogP contribution in [-0.4, -0.2) is 23.3 Å². The van der Waals surface area contributed by atoms with Gasteiger partial charge in [-0.3, -0.25) is 4.98 Å². The first-order valence-corrected chi connectivity index (χ1v) is 8.78. The third-order valence-corrected chi connectivity index (χ3v) is 5.51. The molecule has 1 saturated heterocycles. The van der Waals surface area contributed by atoms with Crippen LogP contribution in [-0.2, 0) is 9.31 Å². The molecule has 2 aliphatic rings. The van der Waals surface area contributed by atoms with E-state index in [1.54, 1.807) is 0 Å². The van der Waals surface area contributed by atoms with E-state index >= 15 is 0 Å². The lowest BCUT2D eigenvalue weighted by atomic mass is 9.77. The van der Waals surface area contributed by atoms with Crippen LogP contribution in [0.4, 0.5) is 0 Å². The Kier molecular flexibility index (Phi) is 3.59. The highest BCUT2D eigenvalue weighted by Gasteiger charge is 2.51. The summed E-state index contributed by atoms with van der Waals surface area (Å²) in [5, 5.41) is 0. The van der Waals surface area contributed by atoms with Crippen molar-refractivity contribution >= 4 is 12.6 Å². The molecule has 4 rings (SSSR count). The van der Waals surface area contributed by atoms with E-state index in [-0.39, 0.29) is 18.3 Å². The molecule has 0 bridgehead atoms. The van der Waals surface area contributed by atoms with Crippen LogP contribution in [0.2, 0.25) is 0 Å². The molecular weight excluding hydrogens is 297 g/mol. The van der Waals surface area contributed by atoms with Gasteiger partial charge >= 0.3 is 7.12 Å². The van der Waals surface area contributed by atoms with Crippen LogP contribution in [0.3, 0.4) is 0 Å². The summed E-state index contributed by atoms with van der Waals surface area (Å²) in [5.74, 6) is 0.676. The highest BCUT2D eigenvalue weighted by atomic mass is 16.7. The van der Waals surface area contributed by atoms with E-state index in [1.807, 2.05) is 18.3 Å². The maximum absolute atomic E-state index is 6.25. The molecule has 0 spiro atoms. The Morgan fingerprint density at radius 3 is 2.29 bits per heavy atom. The highest BCUT2D eigenvalue weighted by molar-refractivity contribution is 6.62. The molecule has 1 aromatic carbocycles. The average molecular weight is 321 g/mol. The minimum Gasteiger partial charge on any atom is -0.399 e. The first kappa shape index (κ1) is 15.9. The third-order valence-electron chi connectivity index (χ3n) is 5.51. The first-order chi connectivity index (χ1) is 11.4. The average Bonchev–Trinajstić information content (AvgIpc) is 3.36. The van der Waals surface area contributed by atoms with Crippen molar-refractivity contribution in [3.8, 4) is 11.3 Å². The van der Waals surface area contributed by atoms with Crippen molar-refractivity contribution in [3.05, 3.63) is 48.2 Å². The minimum absolute atomic E-state index is 0.321. The minimum atomic E-state index is -0.323. The quantitative estimate of drug-likeness (QED) is 0.803. The molecule has 0 amide bonds. The van der Waals surface area contributed by atoms with Crippen LogP contribution < -0.4 is 5.46 Å². The van der Waals surface area contributed by atoms with Crippen molar-refractivity contribution in [2.45, 2.75) is 57.7 Å². The van der Waals surface area contributed by atoms with Gasteiger partial charge in [-0.2, -0.15) is 0 Å². The lowest BCUT2D eigenvalue weighted by Crippen LogP contribution is -2.41. The molecule has 24 heavy (non-hydrogen) atoms. The molecular formula is C20H24BNO2. The van der Waals surface area contributed by atoms with Gasteiger partial charge in [-0.15, -0.1) is 0 Å². The Bertz CT molecular complexity index is 737. The number of benzene rings is 1. The van der Waals surface area contributed by atoms with Gasteiger partial charge in [-0.25, -0.2) is 0 Å². The largest absolute Gasteiger partial charge is 0.494 e. The number of rotatable bonds is 3. The van der Waals surface area contributed by atoms with E-state index in [9.17, 15) is 0 Å². The number of hydrogen-bond acceptors (Lipinski definition) is 3. The van der Waals surface area contributed by atoms with Gasteiger partial charge in [0.25, 0.3) is 0 Å². The Morgan fingerprint density at radius 1 is 1.00 bits per heavy atom. The van der Waals surface area contributed by atoms with Gasteiger partial charge in [0, 0.05) is 11.8 Å². The Balaban J connectivity index is 1.75. The maximum Gasteiger partial charge on any atom is 0.494 e. The first-order valence-electron chi connectivity index (χ1n) is 8.78. The fourth-order valence-electron chi connectivity index (χ4n) is 3.13. The molecule has 1 saturated carbocycles. The predicted octanol–water partition coefficient (Wildman–Crippen LogP) is 3.93. The molecule has 1 aliphatic carbocycles. The van der Waals surface area contributed by atoms with E-state index in [1.165, 1.54) is 18.4 Å². The second-order valence-electron chi connectivity index (χ2n) is 7.97. The van der Waals surface area contributed by atoms with Gasteiger partial charge in [0.2, 0.25) is 0 Å². The molecule has 3 nitrogen and oxygen atoms in total. The van der Waals surface area contributed by atoms with Gasteiger partial charge in [0.05, 0.1) is 16.9 Å². The van der Waals surface area contributed by atoms with Crippen molar-refractivity contribution in [3.63, 3.8) is 0 Å². The molecule has 1 aromatic heterocycles. The summed E-state index contributed by atoms with van der Waals surface area (Å²) >= 11 is 0. The van der Waals surface area contributed by atoms with Crippen LogP contribution in [0.1, 0.15) is 52.0 Å². The molecule has 2 aromatic rings. The smallest absolute Gasteiger partial charge is 0.399 e. The summed E-state index contributed by atoms with van der Waals surface area (Å²) < 4.78 is 12.5. The molecule has 124 valence electrons. The second-order valence-corrected chi connectivity index (χ2v) is 7.97. The Morgan fingerprint density at radius 2 is 1.71 bits per heavy atom. The fraction of sp³-hybridized carbons (Fsp3) is 0.450. The summed E-state index contributed by atoms with van der Waals surface area (Å²) in [4.78, 5) is 4.51. The van der Waals surface area contributed by atoms with E-state index < -0.39 is 0 Å². The molecule has 4 heteroatoms. The molecule has 0 radical (unpaired) electrons. The molecule has 2 fully saturated rings. The number of pyridine rings is 1. The lowest BCUT2D eigenvalue weighted by Gasteiger charge is -2.32. The Labute approximate surface area is 144 Å². The molecule has 1 aliphatic heterocycles. The molecule has 2 heterocycles. The lowest BCUT2D eigenvalue weighted by molar-refractivity contribution is 0.00578. The normalized spacial score (nSPS) is 21.9. The number of hydrogen-bond donors (Lipinski definition) is 0. The van der Waals surface area contributed by atoms with Gasteiger partial charge in [-0.05, 0) is 75.7 Å². The van der Waals surface area contributed by atoms with E-state index in [2.05, 4.69) is 56.9 Å². The monoisotopic (exact) mass is 321 g/mol. The van der Waals surface area contributed by atoms with Gasteiger partial charge in [0.15, 0.2) is 0 Å². The van der Waals surface area contributed by atoms with Crippen molar-refractivity contribution in [2.24, 2.45) is 0 Å². The van der Waals surface area contributed by atoms with Gasteiger partial charge in [-0.1, -0.05) is 18.2 Å². The summed E-state index contributed by atoms with van der Waals surface area (Å²) in [6.07, 6.45) is 4.39. The van der Waals surface area contributed by atoms with E-state index in [4.69, 9.17) is 9.31 Å². The summed E-state index contributed by atoms with van der Waals surface area (Å²) in [6.45, 7) is 8.38. The summed E-state index contributed by atoms with van der Waals surface area (Å²) in [5.41, 5.74) is 3.97. The topological polar surface area (TPSA) is 31.4 Å². The zero-order valence-corrected chi connectivity index (χ0v) is 14.9. The number of aromatic nitrogens is 1. The van der Waals surface area contributed by atoms with Crippen LogP contribution in [0.5, 0.6) is 0 Å². The van der Waals surface area contributed by atoms with Crippen molar-refractivity contribution < 1.29 is 9.31 Å². The standard InChI is InChI=1S/C20H24BNO2/c1-19(2)20(3,4)24-21(23-19)17-12-15(14-8-9-14)11-16(13-17)18-7-5-6-10-22-18/h5-7,10-14H,8-9H2,1-4H3. The maximum atomic E-state index is 6.25. The highest BCUT2D eigenvalue weighted by Crippen LogP contribution is 2.41. The molecule has 0 N–H and O–H groups in total. The third kappa shape index (κ3) is 2.78. The molecule has 0 atom stereocenters. The summed E-state index contributed by atoms with van der Waals surface area (Å²) in [6, 6.07) is 12.7. The number of nitrogens with zero attached hydrogens (tertiary/aromatic N) is 1. The zero-order chi connectivity index (χ0) is 16.9. The van der Waals surface area contributed by atoms with Gasteiger partial charge in [0.1, 0.15) is 0 Å². The van der Waals surface area contributed by atoms with E-state index in [0.29, 0.717) is 5.92 Å². The van der Waals surface area contributed by atoms with E-state index in [0.717, 1.165) is 16.7 Å². The van der Waals surface area contributed by atoms with Crippen LogP contribution >= 0.6 is 0 Å². The SMILES string of the molecule is CC1(C)OB(c2cc(-c3ccccn3)cc(C3CC3)c2)OC1(C)C. The predicted molar refractivity (Wildman–Crippen MR) is 97.4 cm³/mol. The van der Waals surface area contributed by atoms with Crippen LogP contribution in [0, 0.1) is 0 Å². The van der Waals surface area contributed by atoms with Crippen molar-refractivity contribution in [1.82, 2.24) is 4.98 Å². The zero-order valence-electron chi connectivity index (χ0n) is 14.9. The van der Waals surface area contributed by atoms with Crippen molar-refractivity contribution in [1.29, 1.82) is 0 Å². The van der Waals surface area contributed by atoms with Crippen LogP contribution in [0.15, 0.2) is 42.6 Å².